The summed E-state index contributed by atoms with van der Waals surface area (Å²) in [5.74, 6) is -1.18. The highest BCUT2D eigenvalue weighted by molar-refractivity contribution is 6.07. The van der Waals surface area contributed by atoms with Gasteiger partial charge in [0.15, 0.2) is 0 Å². The topological polar surface area (TPSA) is 57.0 Å². The predicted molar refractivity (Wildman–Crippen MR) is 103 cm³/mol. The summed E-state index contributed by atoms with van der Waals surface area (Å²) in [4.78, 5) is 20.3. The lowest BCUT2D eigenvalue weighted by atomic mass is 10.1. The van der Waals surface area contributed by atoms with Crippen molar-refractivity contribution < 1.29 is 18.3 Å². The Bertz CT molecular complexity index is 1170. The zero-order valence-electron chi connectivity index (χ0n) is 15.3. The summed E-state index contributed by atoms with van der Waals surface area (Å²) >= 11 is 0. The van der Waals surface area contributed by atoms with Gasteiger partial charge in [0.05, 0.1) is 12.7 Å². The van der Waals surface area contributed by atoms with Crippen LogP contribution >= 0.6 is 0 Å². The van der Waals surface area contributed by atoms with Crippen molar-refractivity contribution in [3.63, 3.8) is 0 Å². The molecule has 2 aromatic heterocycles. The number of aromatic nitrogens is 3. The molecule has 0 amide bonds. The minimum Gasteiger partial charge on any atom is -0.497 e. The maximum atomic E-state index is 14.1. The van der Waals surface area contributed by atoms with Gasteiger partial charge in [-0.3, -0.25) is 4.79 Å². The molecule has 0 aliphatic carbocycles. The first kappa shape index (κ1) is 18.5. The van der Waals surface area contributed by atoms with Crippen LogP contribution in [-0.2, 0) is 0 Å². The maximum Gasteiger partial charge on any atom is 0.223 e. The van der Waals surface area contributed by atoms with Gasteiger partial charge in [-0.05, 0) is 48.0 Å². The van der Waals surface area contributed by atoms with Crippen LogP contribution in [0.3, 0.4) is 0 Å². The van der Waals surface area contributed by atoms with Crippen LogP contribution in [0.25, 0.3) is 16.8 Å². The van der Waals surface area contributed by atoms with E-state index in [1.807, 2.05) is 0 Å². The average molecular weight is 391 g/mol. The quantitative estimate of drug-likeness (QED) is 0.373. The predicted octanol–water partition coefficient (Wildman–Crippen LogP) is 4.45. The third kappa shape index (κ3) is 3.62. The zero-order chi connectivity index (χ0) is 20.4. The Kier molecular flexibility index (Phi) is 4.87. The van der Waals surface area contributed by atoms with Crippen LogP contribution in [-0.4, -0.2) is 27.4 Å². The van der Waals surface area contributed by atoms with E-state index >= 15 is 0 Å². The second-order valence-corrected chi connectivity index (χ2v) is 6.23. The number of hydrogen-bond donors (Lipinski definition) is 0. The van der Waals surface area contributed by atoms with Crippen molar-refractivity contribution in [1.29, 1.82) is 0 Å². The molecule has 2 heterocycles. The Morgan fingerprint density at radius 2 is 1.83 bits per heavy atom. The van der Waals surface area contributed by atoms with Crippen LogP contribution in [0.1, 0.15) is 16.1 Å². The second kappa shape index (κ2) is 7.63. The molecule has 0 N–H and O–H groups in total. The van der Waals surface area contributed by atoms with E-state index in [0.29, 0.717) is 22.6 Å². The van der Waals surface area contributed by atoms with Crippen molar-refractivity contribution in [2.75, 3.05) is 7.11 Å². The molecular formula is C22H15F2N3O2. The Morgan fingerprint density at radius 1 is 1.03 bits per heavy atom. The molecule has 0 spiro atoms. The number of imidazole rings is 1. The molecule has 2 aromatic carbocycles. The fraction of sp³-hybridized carbons (Fsp3) is 0.0455. The molecule has 0 aliphatic heterocycles. The number of ether oxygens (including phenoxy) is 1. The molecule has 4 rings (SSSR count). The summed E-state index contributed by atoms with van der Waals surface area (Å²) in [5, 5.41) is 0. The van der Waals surface area contributed by atoms with Gasteiger partial charge >= 0.3 is 0 Å². The molecule has 5 nitrogen and oxygen atoms in total. The van der Waals surface area contributed by atoms with E-state index in [1.54, 1.807) is 66.4 Å². The molecule has 0 fully saturated rings. The van der Waals surface area contributed by atoms with Crippen LogP contribution in [0, 0.1) is 11.8 Å². The van der Waals surface area contributed by atoms with Crippen LogP contribution in [0.4, 0.5) is 8.78 Å². The van der Waals surface area contributed by atoms with Crippen LogP contribution < -0.4 is 4.74 Å². The van der Waals surface area contributed by atoms with Crippen molar-refractivity contribution in [1.82, 2.24) is 14.5 Å². The third-order valence-corrected chi connectivity index (χ3v) is 4.45. The van der Waals surface area contributed by atoms with E-state index in [1.165, 1.54) is 6.33 Å². The van der Waals surface area contributed by atoms with Crippen molar-refractivity contribution in [3.8, 4) is 22.6 Å². The van der Waals surface area contributed by atoms with Gasteiger partial charge in [-0.1, -0.05) is 12.1 Å². The molecule has 0 saturated carbocycles. The molecule has 0 atom stereocenters. The first-order valence-corrected chi connectivity index (χ1v) is 8.70. The van der Waals surface area contributed by atoms with E-state index in [0.717, 1.165) is 12.3 Å². The standard InChI is InChI=1S/C22H15F2N3O2/c1-29-17-7-5-14(6-8-17)21(28)19-12-27(13-26-19)16-4-2-3-15(11-16)20-18(23)9-10-25-22(20)24/h2-13H,1H3. The minimum absolute atomic E-state index is 0.205. The first-order chi connectivity index (χ1) is 14.1. The summed E-state index contributed by atoms with van der Waals surface area (Å²) in [6, 6.07) is 14.4. The molecule has 29 heavy (non-hydrogen) atoms. The van der Waals surface area contributed by atoms with Gasteiger partial charge in [0.1, 0.15) is 23.6 Å². The number of carbonyl (C=O) groups excluding carboxylic acids is 1. The number of rotatable bonds is 5. The monoisotopic (exact) mass is 391 g/mol. The lowest BCUT2D eigenvalue weighted by molar-refractivity contribution is 0.103. The molecule has 0 saturated heterocycles. The number of ketones is 1. The number of halogens is 2. The molecule has 0 aliphatic rings. The Hall–Kier alpha value is -3.87. The number of benzene rings is 2. The summed E-state index contributed by atoms with van der Waals surface area (Å²) in [5.41, 5.74) is 1.46. The van der Waals surface area contributed by atoms with Gasteiger partial charge in [0.2, 0.25) is 11.7 Å². The van der Waals surface area contributed by atoms with E-state index < -0.39 is 11.8 Å². The summed E-state index contributed by atoms with van der Waals surface area (Å²) in [7, 11) is 1.55. The summed E-state index contributed by atoms with van der Waals surface area (Å²) in [6.45, 7) is 0. The van der Waals surface area contributed by atoms with Gasteiger partial charge in [-0.15, -0.1) is 0 Å². The highest BCUT2D eigenvalue weighted by Gasteiger charge is 2.15. The summed E-state index contributed by atoms with van der Waals surface area (Å²) < 4.78 is 34.8. The smallest absolute Gasteiger partial charge is 0.223 e. The lowest BCUT2D eigenvalue weighted by Crippen LogP contribution is -2.01. The minimum atomic E-state index is -0.886. The van der Waals surface area contributed by atoms with Crippen molar-refractivity contribution in [2.45, 2.75) is 0 Å². The van der Waals surface area contributed by atoms with Gasteiger partial charge in [0.25, 0.3) is 0 Å². The second-order valence-electron chi connectivity index (χ2n) is 6.23. The molecule has 0 radical (unpaired) electrons. The van der Waals surface area contributed by atoms with Gasteiger partial charge in [-0.25, -0.2) is 14.4 Å². The Morgan fingerprint density at radius 3 is 2.55 bits per heavy atom. The lowest BCUT2D eigenvalue weighted by Gasteiger charge is -2.07. The molecule has 7 heteroatoms. The number of pyridine rings is 1. The highest BCUT2D eigenvalue weighted by Crippen LogP contribution is 2.26. The zero-order valence-corrected chi connectivity index (χ0v) is 15.3. The average Bonchev–Trinajstić information content (AvgIpc) is 3.24. The van der Waals surface area contributed by atoms with E-state index in [2.05, 4.69) is 9.97 Å². The Balaban J connectivity index is 1.65. The Labute approximate surface area is 165 Å². The molecule has 0 bridgehead atoms. The van der Waals surface area contributed by atoms with Crippen LogP contribution in [0.15, 0.2) is 73.3 Å². The molecule has 4 aromatic rings. The van der Waals surface area contributed by atoms with Gasteiger partial charge < -0.3 is 9.30 Å². The third-order valence-electron chi connectivity index (χ3n) is 4.45. The van der Waals surface area contributed by atoms with Crippen LogP contribution in [0.2, 0.25) is 0 Å². The maximum absolute atomic E-state index is 14.1. The molecular weight excluding hydrogens is 376 g/mol. The summed E-state index contributed by atoms with van der Waals surface area (Å²) in [6.07, 6.45) is 4.12. The fourth-order valence-electron chi connectivity index (χ4n) is 2.97. The van der Waals surface area contributed by atoms with Crippen LogP contribution in [0.5, 0.6) is 5.75 Å². The van der Waals surface area contributed by atoms with Crippen molar-refractivity contribution >= 4 is 5.78 Å². The van der Waals surface area contributed by atoms with Gasteiger partial charge in [-0.2, -0.15) is 4.39 Å². The largest absolute Gasteiger partial charge is 0.497 e. The highest BCUT2D eigenvalue weighted by atomic mass is 19.1. The van der Waals surface area contributed by atoms with Gasteiger partial charge in [0, 0.05) is 23.6 Å². The first-order valence-electron chi connectivity index (χ1n) is 8.70. The number of carbonyl (C=O) groups is 1. The van der Waals surface area contributed by atoms with E-state index in [9.17, 15) is 13.6 Å². The normalized spacial score (nSPS) is 10.7. The molecule has 0 unspecified atom stereocenters. The number of nitrogens with zero attached hydrogens (tertiary/aromatic N) is 3. The van der Waals surface area contributed by atoms with Crippen molar-refractivity contribution in [2.24, 2.45) is 0 Å². The molecule has 144 valence electrons. The van der Waals surface area contributed by atoms with E-state index in [4.69, 9.17) is 4.74 Å². The number of methoxy groups -OCH3 is 1. The SMILES string of the molecule is COc1ccc(C(=O)c2cn(-c3cccc(-c4c(F)ccnc4F)c3)cn2)cc1. The van der Waals surface area contributed by atoms with Crippen molar-refractivity contribution in [3.05, 3.63) is 96.3 Å². The number of hydrogen-bond acceptors (Lipinski definition) is 4. The fourth-order valence-corrected chi connectivity index (χ4v) is 2.97. The van der Waals surface area contributed by atoms with E-state index in [-0.39, 0.29) is 17.0 Å².